The Morgan fingerprint density at radius 1 is 1.37 bits per heavy atom. The minimum Gasteiger partial charge on any atom is -0.481 e. The summed E-state index contributed by atoms with van der Waals surface area (Å²) in [7, 11) is 0. The standard InChI is InChI=1S/C14H16BrNO3/c1-8-5-6-9(15)7-11(8)13(17)16-12-4-2-3-10(12)14(18)19/h5-7,10,12H,2-4H2,1H3,(H,16,17)(H,18,19). The normalized spacial score (nSPS) is 22.2. The highest BCUT2D eigenvalue weighted by molar-refractivity contribution is 9.10. The summed E-state index contributed by atoms with van der Waals surface area (Å²) < 4.78 is 0.837. The molecule has 1 amide bonds. The van der Waals surface area contributed by atoms with E-state index in [2.05, 4.69) is 21.2 Å². The monoisotopic (exact) mass is 325 g/mol. The van der Waals surface area contributed by atoms with Gasteiger partial charge in [-0.3, -0.25) is 9.59 Å². The summed E-state index contributed by atoms with van der Waals surface area (Å²) in [5.41, 5.74) is 1.47. The molecule has 0 saturated heterocycles. The Kier molecular flexibility index (Phi) is 4.24. The van der Waals surface area contributed by atoms with E-state index in [1.165, 1.54) is 0 Å². The second-order valence-corrected chi connectivity index (χ2v) is 5.83. The quantitative estimate of drug-likeness (QED) is 0.897. The molecular weight excluding hydrogens is 310 g/mol. The maximum atomic E-state index is 12.2. The summed E-state index contributed by atoms with van der Waals surface area (Å²) in [5, 5.41) is 12.0. The number of amides is 1. The molecule has 1 saturated carbocycles. The van der Waals surface area contributed by atoms with Gasteiger partial charge in [0.25, 0.3) is 5.91 Å². The second kappa shape index (κ2) is 5.74. The number of hydrogen-bond acceptors (Lipinski definition) is 2. The van der Waals surface area contributed by atoms with Crippen LogP contribution in [0.4, 0.5) is 0 Å². The van der Waals surface area contributed by atoms with Gasteiger partial charge in [-0.15, -0.1) is 0 Å². The van der Waals surface area contributed by atoms with Gasteiger partial charge < -0.3 is 10.4 Å². The number of carboxylic acids is 1. The fourth-order valence-corrected chi connectivity index (χ4v) is 2.87. The number of hydrogen-bond donors (Lipinski definition) is 2. The predicted octanol–water partition coefficient (Wildman–Crippen LogP) is 2.74. The van der Waals surface area contributed by atoms with Crippen LogP contribution in [0.25, 0.3) is 0 Å². The molecule has 19 heavy (non-hydrogen) atoms. The number of benzene rings is 1. The number of carboxylic acid groups (broad SMARTS) is 1. The Morgan fingerprint density at radius 3 is 2.79 bits per heavy atom. The first-order valence-electron chi connectivity index (χ1n) is 6.29. The smallest absolute Gasteiger partial charge is 0.308 e. The lowest BCUT2D eigenvalue weighted by Crippen LogP contribution is -2.40. The second-order valence-electron chi connectivity index (χ2n) is 4.91. The Morgan fingerprint density at radius 2 is 2.11 bits per heavy atom. The van der Waals surface area contributed by atoms with E-state index in [9.17, 15) is 9.59 Å². The van der Waals surface area contributed by atoms with Crippen LogP contribution in [0.2, 0.25) is 0 Å². The van der Waals surface area contributed by atoms with E-state index < -0.39 is 11.9 Å². The Bertz CT molecular complexity index is 515. The molecule has 2 rings (SSSR count). The average Bonchev–Trinajstić information content (AvgIpc) is 2.80. The third-order valence-electron chi connectivity index (χ3n) is 3.59. The van der Waals surface area contributed by atoms with Crippen molar-refractivity contribution < 1.29 is 14.7 Å². The van der Waals surface area contributed by atoms with Gasteiger partial charge in [0.1, 0.15) is 0 Å². The topological polar surface area (TPSA) is 66.4 Å². The van der Waals surface area contributed by atoms with Crippen LogP contribution in [-0.4, -0.2) is 23.0 Å². The molecule has 0 aromatic heterocycles. The lowest BCUT2D eigenvalue weighted by atomic mass is 10.0. The lowest BCUT2D eigenvalue weighted by Gasteiger charge is -2.18. The first-order valence-corrected chi connectivity index (χ1v) is 7.08. The van der Waals surface area contributed by atoms with Crippen LogP contribution in [0.15, 0.2) is 22.7 Å². The van der Waals surface area contributed by atoms with Crippen LogP contribution >= 0.6 is 15.9 Å². The van der Waals surface area contributed by atoms with Gasteiger partial charge in [0, 0.05) is 16.1 Å². The van der Waals surface area contributed by atoms with Crippen molar-refractivity contribution in [2.75, 3.05) is 0 Å². The maximum absolute atomic E-state index is 12.2. The van der Waals surface area contributed by atoms with E-state index in [-0.39, 0.29) is 11.9 Å². The third kappa shape index (κ3) is 3.15. The molecule has 2 atom stereocenters. The Labute approximate surface area is 120 Å². The van der Waals surface area contributed by atoms with Gasteiger partial charge in [0.15, 0.2) is 0 Å². The van der Waals surface area contributed by atoms with E-state index in [4.69, 9.17) is 5.11 Å². The molecule has 0 spiro atoms. The molecule has 4 nitrogen and oxygen atoms in total. The predicted molar refractivity (Wildman–Crippen MR) is 75.1 cm³/mol. The fourth-order valence-electron chi connectivity index (χ4n) is 2.51. The minimum absolute atomic E-state index is 0.197. The number of rotatable bonds is 3. The third-order valence-corrected chi connectivity index (χ3v) is 4.09. The van der Waals surface area contributed by atoms with E-state index in [0.29, 0.717) is 12.0 Å². The van der Waals surface area contributed by atoms with Crippen LogP contribution < -0.4 is 5.32 Å². The van der Waals surface area contributed by atoms with Gasteiger partial charge >= 0.3 is 5.97 Å². The van der Waals surface area contributed by atoms with Crippen molar-refractivity contribution in [3.8, 4) is 0 Å². The van der Waals surface area contributed by atoms with Crippen LogP contribution in [0.5, 0.6) is 0 Å². The molecule has 0 bridgehead atoms. The summed E-state index contributed by atoms with van der Waals surface area (Å²) in [4.78, 5) is 23.3. The molecule has 0 radical (unpaired) electrons. The molecular formula is C14H16BrNO3. The number of aliphatic carboxylic acids is 1. The van der Waals surface area contributed by atoms with Crippen molar-refractivity contribution in [1.82, 2.24) is 5.32 Å². The number of aryl methyl sites for hydroxylation is 1. The minimum atomic E-state index is -0.825. The lowest BCUT2D eigenvalue weighted by molar-refractivity contribution is -0.142. The summed E-state index contributed by atoms with van der Waals surface area (Å²) in [6.07, 6.45) is 2.22. The number of carbonyl (C=O) groups is 2. The summed E-state index contributed by atoms with van der Waals surface area (Å²) >= 11 is 3.34. The first-order chi connectivity index (χ1) is 8.99. The average molecular weight is 326 g/mol. The van der Waals surface area contributed by atoms with E-state index in [1.54, 1.807) is 6.07 Å². The molecule has 102 valence electrons. The highest BCUT2D eigenvalue weighted by Gasteiger charge is 2.34. The van der Waals surface area contributed by atoms with Gasteiger partial charge in [-0.2, -0.15) is 0 Å². The van der Waals surface area contributed by atoms with Gasteiger partial charge in [0.05, 0.1) is 5.92 Å². The molecule has 0 aliphatic heterocycles. The number of halogens is 1. The highest BCUT2D eigenvalue weighted by Crippen LogP contribution is 2.26. The van der Waals surface area contributed by atoms with Crippen molar-refractivity contribution in [1.29, 1.82) is 0 Å². The van der Waals surface area contributed by atoms with Crippen LogP contribution in [-0.2, 0) is 4.79 Å². The van der Waals surface area contributed by atoms with Gasteiger partial charge in [0.2, 0.25) is 0 Å². The Balaban J connectivity index is 2.12. The summed E-state index contributed by atoms with van der Waals surface area (Å²) in [5.74, 6) is -1.48. The van der Waals surface area contributed by atoms with Crippen molar-refractivity contribution in [3.63, 3.8) is 0 Å². The van der Waals surface area contributed by atoms with E-state index >= 15 is 0 Å². The van der Waals surface area contributed by atoms with Crippen molar-refractivity contribution >= 4 is 27.8 Å². The van der Waals surface area contributed by atoms with Gasteiger partial charge in [-0.25, -0.2) is 0 Å². The zero-order chi connectivity index (χ0) is 14.0. The highest BCUT2D eigenvalue weighted by atomic mass is 79.9. The SMILES string of the molecule is Cc1ccc(Br)cc1C(=O)NC1CCCC1C(=O)O. The largest absolute Gasteiger partial charge is 0.481 e. The summed E-state index contributed by atoms with van der Waals surface area (Å²) in [6, 6.07) is 5.24. The van der Waals surface area contributed by atoms with Gasteiger partial charge in [-0.1, -0.05) is 28.4 Å². The van der Waals surface area contributed by atoms with Crippen molar-refractivity contribution in [2.45, 2.75) is 32.2 Å². The first kappa shape index (κ1) is 14.1. The zero-order valence-electron chi connectivity index (χ0n) is 10.6. The van der Waals surface area contributed by atoms with Crippen LogP contribution in [0.1, 0.15) is 35.2 Å². The zero-order valence-corrected chi connectivity index (χ0v) is 12.2. The molecule has 5 heteroatoms. The van der Waals surface area contributed by atoms with Crippen LogP contribution in [0.3, 0.4) is 0 Å². The molecule has 2 N–H and O–H groups in total. The number of carbonyl (C=O) groups excluding carboxylic acids is 1. The van der Waals surface area contributed by atoms with Crippen molar-refractivity contribution in [2.24, 2.45) is 5.92 Å². The molecule has 1 aromatic carbocycles. The van der Waals surface area contributed by atoms with Crippen LogP contribution in [0, 0.1) is 12.8 Å². The van der Waals surface area contributed by atoms with E-state index in [0.717, 1.165) is 22.9 Å². The molecule has 1 aliphatic rings. The summed E-state index contributed by atoms with van der Waals surface area (Å²) in [6.45, 7) is 1.87. The number of nitrogens with one attached hydrogen (secondary N) is 1. The van der Waals surface area contributed by atoms with Gasteiger partial charge in [-0.05, 0) is 37.5 Å². The van der Waals surface area contributed by atoms with Crippen molar-refractivity contribution in [3.05, 3.63) is 33.8 Å². The maximum Gasteiger partial charge on any atom is 0.308 e. The fraction of sp³-hybridized carbons (Fsp3) is 0.429. The van der Waals surface area contributed by atoms with E-state index in [1.807, 2.05) is 19.1 Å². The molecule has 0 heterocycles. The molecule has 2 unspecified atom stereocenters. The Hall–Kier alpha value is -1.36. The molecule has 1 aliphatic carbocycles. The molecule has 1 aromatic rings. The molecule has 1 fully saturated rings.